The molecule has 2 atom stereocenters. The number of nitrogens with zero attached hydrogens (tertiary/aromatic N) is 4. The zero-order chi connectivity index (χ0) is 25.8. The Bertz CT molecular complexity index is 1390. The van der Waals surface area contributed by atoms with Gasteiger partial charge >= 0.3 is 0 Å². The standard InChI is InChI=1S/C29H30N6OS/c1-20-11-12-21(2)24(18-20)32-26(36)13-17-35-28(27(33-29(35)37)23-9-4-6-15-31-23)25-10-7-16-34(25)19-22-8-3-5-14-30-22/h3-12,14-16,18,27-28H,13,17,19H2,1-2H3,(H,32,36)(H,33,37). The van der Waals surface area contributed by atoms with Crippen LogP contribution in [0.3, 0.4) is 0 Å². The Morgan fingerprint density at radius 3 is 2.59 bits per heavy atom. The molecule has 1 aliphatic rings. The van der Waals surface area contributed by atoms with Gasteiger partial charge in [0.1, 0.15) is 0 Å². The molecule has 0 bridgehead atoms. The first-order valence-electron chi connectivity index (χ1n) is 12.4. The maximum Gasteiger partial charge on any atom is 0.226 e. The van der Waals surface area contributed by atoms with Crippen LogP contribution in [0.25, 0.3) is 0 Å². The van der Waals surface area contributed by atoms with Crippen molar-refractivity contribution in [2.24, 2.45) is 0 Å². The SMILES string of the molecule is Cc1ccc(C)c(NC(=O)CCN2C(=S)NC(c3ccccn3)C2c2cccn2Cc2ccccn2)c1. The summed E-state index contributed by atoms with van der Waals surface area (Å²) >= 11 is 5.79. The minimum Gasteiger partial charge on any atom is -0.352 e. The van der Waals surface area contributed by atoms with Crippen molar-refractivity contribution in [2.45, 2.75) is 38.9 Å². The largest absolute Gasteiger partial charge is 0.352 e. The second-order valence-electron chi connectivity index (χ2n) is 9.32. The summed E-state index contributed by atoms with van der Waals surface area (Å²) in [5.41, 5.74) is 5.96. The van der Waals surface area contributed by atoms with Crippen LogP contribution < -0.4 is 10.6 Å². The number of carbonyl (C=O) groups excluding carboxylic acids is 1. The maximum atomic E-state index is 13.0. The van der Waals surface area contributed by atoms with E-state index in [0.717, 1.165) is 33.9 Å². The zero-order valence-electron chi connectivity index (χ0n) is 21.0. The number of hydrogen-bond acceptors (Lipinski definition) is 4. The fourth-order valence-electron chi connectivity index (χ4n) is 4.78. The third-order valence-electron chi connectivity index (χ3n) is 6.67. The predicted octanol–water partition coefficient (Wildman–Crippen LogP) is 4.94. The summed E-state index contributed by atoms with van der Waals surface area (Å²) < 4.78 is 2.20. The van der Waals surface area contributed by atoms with Crippen molar-refractivity contribution in [2.75, 3.05) is 11.9 Å². The van der Waals surface area contributed by atoms with E-state index in [1.54, 1.807) is 6.20 Å². The topological polar surface area (TPSA) is 75.1 Å². The molecule has 4 aromatic rings. The van der Waals surface area contributed by atoms with Gasteiger partial charge in [0.05, 0.1) is 30.0 Å². The third-order valence-corrected chi connectivity index (χ3v) is 7.02. The molecule has 0 saturated carbocycles. The van der Waals surface area contributed by atoms with Crippen LogP contribution in [0, 0.1) is 13.8 Å². The van der Waals surface area contributed by atoms with Crippen molar-refractivity contribution in [3.8, 4) is 0 Å². The van der Waals surface area contributed by atoms with E-state index < -0.39 is 0 Å². The molecule has 0 radical (unpaired) electrons. The lowest BCUT2D eigenvalue weighted by Gasteiger charge is -2.28. The molecule has 2 N–H and O–H groups in total. The van der Waals surface area contributed by atoms with Crippen LogP contribution in [0.1, 0.15) is 46.7 Å². The van der Waals surface area contributed by atoms with Crippen molar-refractivity contribution in [3.63, 3.8) is 0 Å². The number of carbonyl (C=O) groups is 1. The van der Waals surface area contributed by atoms with Gasteiger partial charge in [-0.25, -0.2) is 0 Å². The fraction of sp³-hybridized carbons (Fsp3) is 0.241. The highest BCUT2D eigenvalue weighted by Gasteiger charge is 2.41. The van der Waals surface area contributed by atoms with Crippen LogP contribution in [0.15, 0.2) is 85.3 Å². The van der Waals surface area contributed by atoms with E-state index in [1.165, 1.54) is 0 Å². The molecule has 7 nitrogen and oxygen atoms in total. The normalized spacial score (nSPS) is 17.0. The summed E-state index contributed by atoms with van der Waals surface area (Å²) in [4.78, 5) is 24.2. The van der Waals surface area contributed by atoms with Gasteiger partial charge < -0.3 is 20.1 Å². The van der Waals surface area contributed by atoms with Gasteiger partial charge in [-0.15, -0.1) is 0 Å². The molecule has 188 valence electrons. The number of hydrogen-bond donors (Lipinski definition) is 2. The Hall–Kier alpha value is -4.04. The van der Waals surface area contributed by atoms with Gasteiger partial charge in [0, 0.05) is 42.9 Å². The first-order valence-corrected chi connectivity index (χ1v) is 12.8. The molecule has 1 fully saturated rings. The minimum atomic E-state index is -0.145. The lowest BCUT2D eigenvalue weighted by molar-refractivity contribution is -0.116. The molecule has 3 aromatic heterocycles. The van der Waals surface area contributed by atoms with Crippen LogP contribution in [-0.4, -0.2) is 37.0 Å². The summed E-state index contributed by atoms with van der Waals surface area (Å²) in [5.74, 6) is -0.0413. The lowest BCUT2D eigenvalue weighted by Crippen LogP contribution is -2.33. The van der Waals surface area contributed by atoms with Gasteiger partial charge in [-0.3, -0.25) is 14.8 Å². The molecule has 0 aliphatic carbocycles. The number of rotatable bonds is 8. The molecule has 1 aliphatic heterocycles. The summed E-state index contributed by atoms with van der Waals surface area (Å²) in [6, 6.07) is 21.8. The lowest BCUT2D eigenvalue weighted by atomic mass is 10.0. The molecule has 4 heterocycles. The third kappa shape index (κ3) is 5.54. The Morgan fingerprint density at radius 2 is 1.84 bits per heavy atom. The smallest absolute Gasteiger partial charge is 0.226 e. The van der Waals surface area contributed by atoms with Crippen LogP contribution in [-0.2, 0) is 11.3 Å². The van der Waals surface area contributed by atoms with Gasteiger partial charge in [-0.1, -0.05) is 24.3 Å². The number of aryl methyl sites for hydroxylation is 2. The fourth-order valence-corrected chi connectivity index (χ4v) is 5.11. The highest BCUT2D eigenvalue weighted by Crippen LogP contribution is 2.39. The summed E-state index contributed by atoms with van der Waals surface area (Å²) in [7, 11) is 0. The Kier molecular flexibility index (Phi) is 7.28. The van der Waals surface area contributed by atoms with E-state index in [2.05, 4.69) is 42.3 Å². The van der Waals surface area contributed by atoms with E-state index in [1.807, 2.05) is 80.7 Å². The molecule has 1 saturated heterocycles. The predicted molar refractivity (Wildman–Crippen MR) is 149 cm³/mol. The van der Waals surface area contributed by atoms with Crippen LogP contribution in [0.5, 0.6) is 0 Å². The first-order chi connectivity index (χ1) is 18.0. The second-order valence-corrected chi connectivity index (χ2v) is 9.71. The highest BCUT2D eigenvalue weighted by atomic mass is 32.1. The zero-order valence-corrected chi connectivity index (χ0v) is 21.8. The quantitative estimate of drug-likeness (QED) is 0.327. The molecule has 0 spiro atoms. The van der Waals surface area contributed by atoms with Crippen LogP contribution in [0.4, 0.5) is 5.69 Å². The van der Waals surface area contributed by atoms with Crippen molar-refractivity contribution >= 4 is 28.9 Å². The maximum absolute atomic E-state index is 13.0. The van der Waals surface area contributed by atoms with E-state index in [9.17, 15) is 4.79 Å². The summed E-state index contributed by atoms with van der Waals surface area (Å²) in [6.07, 6.45) is 5.97. The minimum absolute atomic E-state index is 0.0413. The molecule has 8 heteroatoms. The van der Waals surface area contributed by atoms with E-state index in [4.69, 9.17) is 12.2 Å². The van der Waals surface area contributed by atoms with E-state index >= 15 is 0 Å². The highest BCUT2D eigenvalue weighted by molar-refractivity contribution is 7.80. The van der Waals surface area contributed by atoms with Gasteiger partial charge in [-0.05, 0) is 79.7 Å². The Morgan fingerprint density at radius 1 is 1.03 bits per heavy atom. The van der Waals surface area contributed by atoms with Crippen LogP contribution in [0.2, 0.25) is 0 Å². The number of thiocarbonyl (C=S) groups is 1. The monoisotopic (exact) mass is 510 g/mol. The number of pyridine rings is 2. The van der Waals surface area contributed by atoms with Crippen molar-refractivity contribution < 1.29 is 4.79 Å². The average molecular weight is 511 g/mol. The number of aromatic nitrogens is 3. The van der Waals surface area contributed by atoms with Crippen LogP contribution >= 0.6 is 12.2 Å². The molecule has 2 unspecified atom stereocenters. The van der Waals surface area contributed by atoms with Gasteiger partial charge in [0.2, 0.25) is 5.91 Å². The molecule has 1 amide bonds. The number of amides is 1. The number of benzene rings is 1. The molecule has 5 rings (SSSR count). The van der Waals surface area contributed by atoms with Crippen molar-refractivity contribution in [1.82, 2.24) is 24.8 Å². The average Bonchev–Trinajstić information content (AvgIpc) is 3.49. The van der Waals surface area contributed by atoms with Gasteiger partial charge in [0.15, 0.2) is 5.11 Å². The van der Waals surface area contributed by atoms with Gasteiger partial charge in [0.25, 0.3) is 0 Å². The molecular weight excluding hydrogens is 480 g/mol. The Labute approximate surface area is 222 Å². The first kappa shape index (κ1) is 24.6. The van der Waals surface area contributed by atoms with Crippen molar-refractivity contribution in [1.29, 1.82) is 0 Å². The number of anilines is 1. The van der Waals surface area contributed by atoms with Crippen molar-refractivity contribution in [3.05, 3.63) is 114 Å². The van der Waals surface area contributed by atoms with Gasteiger partial charge in [-0.2, -0.15) is 0 Å². The number of nitrogens with one attached hydrogen (secondary N) is 2. The molecular formula is C29H30N6OS. The molecule has 1 aromatic carbocycles. The Balaban J connectivity index is 1.40. The summed E-state index contributed by atoms with van der Waals surface area (Å²) in [6.45, 7) is 5.14. The van der Waals surface area contributed by atoms with E-state index in [0.29, 0.717) is 24.6 Å². The van der Waals surface area contributed by atoms with E-state index in [-0.39, 0.29) is 18.0 Å². The second kappa shape index (κ2) is 10.9. The summed E-state index contributed by atoms with van der Waals surface area (Å²) in [5, 5.41) is 7.16. The molecule has 37 heavy (non-hydrogen) atoms.